The summed E-state index contributed by atoms with van der Waals surface area (Å²) in [5, 5.41) is 8.59. The molecule has 0 aliphatic rings. The molecule has 0 unspecified atom stereocenters. The van der Waals surface area contributed by atoms with E-state index in [2.05, 4.69) is 15.6 Å². The van der Waals surface area contributed by atoms with E-state index in [4.69, 9.17) is 0 Å². The molecule has 1 heterocycles. The van der Waals surface area contributed by atoms with Crippen LogP contribution in [-0.4, -0.2) is 23.0 Å². The van der Waals surface area contributed by atoms with E-state index in [0.717, 1.165) is 10.8 Å². The van der Waals surface area contributed by atoms with Crippen molar-refractivity contribution in [2.45, 2.75) is 33.2 Å². The number of carbonyl (C=O) groups excluding carboxylic acids is 1. The SMILES string of the molecule is Cc1csc(NCC(=O)NC(C)(C)C)n1. The van der Waals surface area contributed by atoms with Gasteiger partial charge in [-0.15, -0.1) is 11.3 Å². The summed E-state index contributed by atoms with van der Waals surface area (Å²) in [6.07, 6.45) is 0. The van der Waals surface area contributed by atoms with E-state index in [1.807, 2.05) is 33.1 Å². The number of amides is 1. The van der Waals surface area contributed by atoms with Crippen molar-refractivity contribution in [1.82, 2.24) is 10.3 Å². The highest BCUT2D eigenvalue weighted by Gasteiger charge is 2.13. The number of hydrogen-bond donors (Lipinski definition) is 2. The first-order valence-corrected chi connectivity index (χ1v) is 5.72. The Morgan fingerprint density at radius 3 is 2.67 bits per heavy atom. The summed E-state index contributed by atoms with van der Waals surface area (Å²) in [5.74, 6) is -0.0182. The number of nitrogens with one attached hydrogen (secondary N) is 2. The highest BCUT2D eigenvalue weighted by Crippen LogP contribution is 2.13. The first-order valence-electron chi connectivity index (χ1n) is 4.84. The maximum atomic E-state index is 11.4. The molecule has 5 heteroatoms. The molecule has 84 valence electrons. The zero-order chi connectivity index (χ0) is 11.5. The van der Waals surface area contributed by atoms with Gasteiger partial charge in [0, 0.05) is 10.9 Å². The van der Waals surface area contributed by atoms with Crippen molar-refractivity contribution in [3.63, 3.8) is 0 Å². The second-order valence-electron chi connectivity index (χ2n) is 4.45. The van der Waals surface area contributed by atoms with Crippen LogP contribution in [0.15, 0.2) is 5.38 Å². The number of aromatic nitrogens is 1. The molecule has 1 rings (SSSR count). The number of carbonyl (C=O) groups is 1. The molecule has 0 saturated carbocycles. The Bertz CT molecular complexity index is 341. The van der Waals surface area contributed by atoms with Gasteiger partial charge in [-0.1, -0.05) is 0 Å². The van der Waals surface area contributed by atoms with Gasteiger partial charge in [-0.3, -0.25) is 4.79 Å². The van der Waals surface area contributed by atoms with Gasteiger partial charge in [0.05, 0.1) is 12.2 Å². The summed E-state index contributed by atoms with van der Waals surface area (Å²) in [4.78, 5) is 15.6. The molecule has 0 spiro atoms. The Kier molecular flexibility index (Phi) is 3.68. The number of aryl methyl sites for hydroxylation is 1. The fourth-order valence-corrected chi connectivity index (χ4v) is 1.74. The number of hydrogen-bond acceptors (Lipinski definition) is 4. The van der Waals surface area contributed by atoms with Crippen molar-refractivity contribution in [3.8, 4) is 0 Å². The van der Waals surface area contributed by atoms with E-state index >= 15 is 0 Å². The van der Waals surface area contributed by atoms with Gasteiger partial charge in [-0.2, -0.15) is 0 Å². The summed E-state index contributed by atoms with van der Waals surface area (Å²) in [6.45, 7) is 8.07. The minimum absolute atomic E-state index is 0.0182. The zero-order valence-corrected chi connectivity index (χ0v) is 10.4. The molecular formula is C10H17N3OS. The molecule has 0 saturated heterocycles. The van der Waals surface area contributed by atoms with Crippen LogP contribution in [0.5, 0.6) is 0 Å². The van der Waals surface area contributed by atoms with Crippen LogP contribution < -0.4 is 10.6 Å². The summed E-state index contributed by atoms with van der Waals surface area (Å²) in [5.41, 5.74) is 0.788. The van der Waals surface area contributed by atoms with Gasteiger partial charge >= 0.3 is 0 Å². The van der Waals surface area contributed by atoms with E-state index in [1.54, 1.807) is 0 Å². The molecule has 2 N–H and O–H groups in total. The minimum Gasteiger partial charge on any atom is -0.352 e. The molecule has 0 aromatic carbocycles. The minimum atomic E-state index is -0.183. The molecule has 0 bridgehead atoms. The van der Waals surface area contributed by atoms with Crippen LogP contribution in [-0.2, 0) is 4.79 Å². The summed E-state index contributed by atoms with van der Waals surface area (Å²) < 4.78 is 0. The molecule has 1 aromatic rings. The third-order valence-electron chi connectivity index (χ3n) is 1.53. The molecule has 0 aliphatic heterocycles. The van der Waals surface area contributed by atoms with Crippen LogP contribution in [0.4, 0.5) is 5.13 Å². The smallest absolute Gasteiger partial charge is 0.239 e. The largest absolute Gasteiger partial charge is 0.352 e. The zero-order valence-electron chi connectivity index (χ0n) is 9.55. The number of rotatable bonds is 3. The highest BCUT2D eigenvalue weighted by atomic mass is 32.1. The van der Waals surface area contributed by atoms with Gasteiger partial charge in [-0.25, -0.2) is 4.98 Å². The lowest BCUT2D eigenvalue weighted by atomic mass is 10.1. The van der Waals surface area contributed by atoms with E-state index in [0.29, 0.717) is 0 Å². The number of nitrogens with zero attached hydrogens (tertiary/aromatic N) is 1. The standard InChI is InChI=1S/C10H17N3OS/c1-7-6-15-9(12-7)11-5-8(14)13-10(2,3)4/h6H,5H2,1-4H3,(H,11,12)(H,13,14). The average Bonchev–Trinajstić information content (AvgIpc) is 2.45. The molecule has 1 aromatic heterocycles. The summed E-state index contributed by atoms with van der Waals surface area (Å²) in [7, 11) is 0. The molecule has 0 atom stereocenters. The molecule has 0 aliphatic carbocycles. The monoisotopic (exact) mass is 227 g/mol. The maximum absolute atomic E-state index is 11.4. The van der Waals surface area contributed by atoms with Gasteiger partial charge < -0.3 is 10.6 Å². The van der Waals surface area contributed by atoms with Crippen molar-refractivity contribution < 1.29 is 4.79 Å². The summed E-state index contributed by atoms with van der Waals surface area (Å²) in [6, 6.07) is 0. The lowest BCUT2D eigenvalue weighted by Gasteiger charge is -2.20. The van der Waals surface area contributed by atoms with Crippen LogP contribution in [0.1, 0.15) is 26.5 Å². The Balaban J connectivity index is 2.35. The van der Waals surface area contributed by atoms with Crippen molar-refractivity contribution in [3.05, 3.63) is 11.1 Å². The van der Waals surface area contributed by atoms with Crippen molar-refractivity contribution in [1.29, 1.82) is 0 Å². The maximum Gasteiger partial charge on any atom is 0.239 e. The van der Waals surface area contributed by atoms with E-state index in [9.17, 15) is 4.79 Å². The Hall–Kier alpha value is -1.10. The van der Waals surface area contributed by atoms with Crippen molar-refractivity contribution in [2.24, 2.45) is 0 Å². The summed E-state index contributed by atoms with van der Waals surface area (Å²) >= 11 is 1.51. The number of thiazole rings is 1. The van der Waals surface area contributed by atoms with Crippen LogP contribution >= 0.6 is 11.3 Å². The topological polar surface area (TPSA) is 54.0 Å². The van der Waals surface area contributed by atoms with Crippen LogP contribution in [0.3, 0.4) is 0 Å². The van der Waals surface area contributed by atoms with Crippen LogP contribution in [0, 0.1) is 6.92 Å². The fraction of sp³-hybridized carbons (Fsp3) is 0.600. The van der Waals surface area contributed by atoms with Crippen molar-refractivity contribution in [2.75, 3.05) is 11.9 Å². The fourth-order valence-electron chi connectivity index (χ4n) is 1.05. The van der Waals surface area contributed by atoms with Gasteiger partial charge in [0.15, 0.2) is 5.13 Å². The van der Waals surface area contributed by atoms with Gasteiger partial charge in [0.2, 0.25) is 5.91 Å². The predicted molar refractivity (Wildman–Crippen MR) is 63.2 cm³/mol. The highest BCUT2D eigenvalue weighted by molar-refractivity contribution is 7.13. The Labute approximate surface area is 94.1 Å². The molecule has 0 fully saturated rings. The lowest BCUT2D eigenvalue weighted by molar-refractivity contribution is -0.120. The Morgan fingerprint density at radius 2 is 2.20 bits per heavy atom. The normalized spacial score (nSPS) is 11.2. The molecular weight excluding hydrogens is 210 g/mol. The Morgan fingerprint density at radius 1 is 1.53 bits per heavy atom. The number of anilines is 1. The first kappa shape index (κ1) is 12.0. The molecule has 1 amide bonds. The molecule has 0 radical (unpaired) electrons. The van der Waals surface area contributed by atoms with Crippen LogP contribution in [0.2, 0.25) is 0 Å². The van der Waals surface area contributed by atoms with E-state index in [-0.39, 0.29) is 18.0 Å². The first-order chi connectivity index (χ1) is 6.87. The van der Waals surface area contributed by atoms with Gasteiger partial charge in [0.1, 0.15) is 0 Å². The van der Waals surface area contributed by atoms with E-state index < -0.39 is 0 Å². The predicted octanol–water partition coefficient (Wildman–Crippen LogP) is 1.78. The molecule has 4 nitrogen and oxygen atoms in total. The third-order valence-corrected chi connectivity index (χ3v) is 2.45. The van der Waals surface area contributed by atoms with Crippen molar-refractivity contribution >= 4 is 22.4 Å². The van der Waals surface area contributed by atoms with E-state index in [1.165, 1.54) is 11.3 Å². The second-order valence-corrected chi connectivity index (χ2v) is 5.30. The van der Waals surface area contributed by atoms with Crippen LogP contribution in [0.25, 0.3) is 0 Å². The quantitative estimate of drug-likeness (QED) is 0.827. The molecule has 15 heavy (non-hydrogen) atoms. The second kappa shape index (κ2) is 4.61. The third kappa shape index (κ3) is 4.78. The average molecular weight is 227 g/mol. The lowest BCUT2D eigenvalue weighted by Crippen LogP contribution is -2.43. The van der Waals surface area contributed by atoms with Gasteiger partial charge in [0.25, 0.3) is 0 Å². The van der Waals surface area contributed by atoms with Gasteiger partial charge in [-0.05, 0) is 27.7 Å².